The molecule has 2 aliphatic carbocycles. The van der Waals surface area contributed by atoms with E-state index in [-0.39, 0.29) is 12.2 Å². The molecule has 3 fully saturated rings. The van der Waals surface area contributed by atoms with Gasteiger partial charge in [0.05, 0.1) is 0 Å². The standard InChI is InChI=1S/C21H20O2S/c24-21-22-17-11-15-19(13-7-3-1-4-8-13)16(12-18(17)23-21)20(15)14-9-5-2-6-10-14/h1-10,15-20H,11-12H2/t15?,16?,17-,18-,19?,20?/m0/s1. The van der Waals surface area contributed by atoms with Crippen molar-refractivity contribution in [3.8, 4) is 0 Å². The van der Waals surface area contributed by atoms with Crippen LogP contribution >= 0.6 is 12.2 Å². The highest BCUT2D eigenvalue weighted by atomic mass is 32.1. The molecule has 2 atom stereocenters. The third-order valence-corrected chi connectivity index (χ3v) is 6.33. The minimum Gasteiger partial charge on any atom is -0.450 e. The van der Waals surface area contributed by atoms with Crippen molar-refractivity contribution in [3.05, 3.63) is 71.8 Å². The van der Waals surface area contributed by atoms with E-state index in [2.05, 4.69) is 60.7 Å². The lowest BCUT2D eigenvalue weighted by Gasteiger charge is -2.52. The van der Waals surface area contributed by atoms with E-state index < -0.39 is 0 Å². The third kappa shape index (κ3) is 2.18. The summed E-state index contributed by atoms with van der Waals surface area (Å²) in [6.07, 6.45) is 2.32. The van der Waals surface area contributed by atoms with Gasteiger partial charge in [-0.3, -0.25) is 0 Å². The maximum absolute atomic E-state index is 5.82. The molecule has 1 saturated heterocycles. The van der Waals surface area contributed by atoms with Crippen molar-refractivity contribution in [2.45, 2.75) is 36.9 Å². The second-order valence-electron chi connectivity index (χ2n) is 7.23. The van der Waals surface area contributed by atoms with Crippen LogP contribution in [0.2, 0.25) is 0 Å². The summed E-state index contributed by atoms with van der Waals surface area (Å²) in [6.45, 7) is 0. The molecular formula is C21H20O2S. The second kappa shape index (κ2) is 5.59. The smallest absolute Gasteiger partial charge is 0.353 e. The zero-order chi connectivity index (χ0) is 16.1. The fourth-order valence-corrected chi connectivity index (χ4v) is 5.47. The number of hydrogen-bond donors (Lipinski definition) is 0. The van der Waals surface area contributed by atoms with Crippen molar-refractivity contribution in [2.24, 2.45) is 11.8 Å². The molecule has 0 unspecified atom stereocenters. The molecule has 0 spiro atoms. The van der Waals surface area contributed by atoms with Crippen LogP contribution < -0.4 is 0 Å². The van der Waals surface area contributed by atoms with E-state index in [1.165, 1.54) is 11.1 Å². The summed E-state index contributed by atoms with van der Waals surface area (Å²) in [5.74, 6) is 2.39. The van der Waals surface area contributed by atoms with E-state index in [1.807, 2.05) is 0 Å². The molecular weight excluding hydrogens is 316 g/mol. The van der Waals surface area contributed by atoms with E-state index >= 15 is 0 Å². The van der Waals surface area contributed by atoms with E-state index in [0.29, 0.717) is 28.9 Å². The number of fused-ring (bicyclic) bond motifs is 3. The molecule has 0 aromatic heterocycles. The van der Waals surface area contributed by atoms with Crippen molar-refractivity contribution < 1.29 is 9.47 Å². The number of ether oxygens (including phenoxy) is 2. The van der Waals surface area contributed by atoms with Crippen LogP contribution in [0.3, 0.4) is 0 Å². The maximum Gasteiger partial charge on any atom is 0.353 e. The zero-order valence-electron chi connectivity index (χ0n) is 13.4. The average Bonchev–Trinajstić information content (AvgIpc) is 2.79. The van der Waals surface area contributed by atoms with Gasteiger partial charge in [0.25, 0.3) is 0 Å². The van der Waals surface area contributed by atoms with Crippen molar-refractivity contribution in [1.82, 2.24) is 0 Å². The van der Waals surface area contributed by atoms with Crippen molar-refractivity contribution in [1.29, 1.82) is 0 Å². The lowest BCUT2D eigenvalue weighted by atomic mass is 9.52. The van der Waals surface area contributed by atoms with Crippen LogP contribution in [0.4, 0.5) is 0 Å². The topological polar surface area (TPSA) is 18.5 Å². The Hall–Kier alpha value is -1.87. The van der Waals surface area contributed by atoms with Gasteiger partial charge < -0.3 is 9.47 Å². The fraction of sp³-hybridized carbons (Fsp3) is 0.381. The molecule has 1 aliphatic heterocycles. The monoisotopic (exact) mass is 336 g/mol. The molecule has 0 amide bonds. The van der Waals surface area contributed by atoms with Gasteiger partial charge in [-0.2, -0.15) is 0 Å². The molecule has 2 bridgehead atoms. The Bertz CT molecular complexity index is 673. The summed E-state index contributed by atoms with van der Waals surface area (Å²) in [6, 6.07) is 21.9. The van der Waals surface area contributed by atoms with Crippen LogP contribution in [0.25, 0.3) is 0 Å². The molecule has 2 aromatic carbocycles. The highest BCUT2D eigenvalue weighted by Crippen LogP contribution is 2.63. The first-order valence-corrected chi connectivity index (χ1v) is 9.19. The third-order valence-electron chi connectivity index (χ3n) is 6.13. The van der Waals surface area contributed by atoms with Gasteiger partial charge in [0, 0.05) is 12.2 Å². The lowest BCUT2D eigenvalue weighted by molar-refractivity contribution is 0.0756. The minimum absolute atomic E-state index is 0.132. The van der Waals surface area contributed by atoms with E-state index in [0.717, 1.165) is 12.8 Å². The molecule has 2 nitrogen and oxygen atoms in total. The van der Waals surface area contributed by atoms with Crippen molar-refractivity contribution in [3.63, 3.8) is 0 Å². The van der Waals surface area contributed by atoms with E-state index in [4.69, 9.17) is 21.7 Å². The normalized spacial score (nSPS) is 36.8. The largest absolute Gasteiger partial charge is 0.450 e. The first-order chi connectivity index (χ1) is 11.8. The quantitative estimate of drug-likeness (QED) is 0.743. The summed E-state index contributed by atoms with van der Waals surface area (Å²) < 4.78 is 11.6. The Morgan fingerprint density at radius 1 is 0.667 bits per heavy atom. The molecule has 0 radical (unpaired) electrons. The average molecular weight is 336 g/mol. The predicted molar refractivity (Wildman–Crippen MR) is 96.9 cm³/mol. The van der Waals surface area contributed by atoms with Crippen LogP contribution in [-0.4, -0.2) is 17.4 Å². The van der Waals surface area contributed by atoms with Crippen LogP contribution in [0.1, 0.15) is 35.8 Å². The van der Waals surface area contributed by atoms with Gasteiger partial charge in [0.15, 0.2) is 0 Å². The van der Waals surface area contributed by atoms with Gasteiger partial charge >= 0.3 is 5.24 Å². The Morgan fingerprint density at radius 2 is 1.08 bits per heavy atom. The second-order valence-corrected chi connectivity index (χ2v) is 7.57. The Balaban J connectivity index is 1.52. The van der Waals surface area contributed by atoms with Crippen LogP contribution in [0, 0.1) is 11.8 Å². The molecule has 24 heavy (non-hydrogen) atoms. The van der Waals surface area contributed by atoms with Crippen LogP contribution in [-0.2, 0) is 9.47 Å². The number of hydrogen-bond acceptors (Lipinski definition) is 3. The van der Waals surface area contributed by atoms with Crippen LogP contribution in [0.15, 0.2) is 60.7 Å². The molecule has 1 heterocycles. The summed E-state index contributed by atoms with van der Waals surface area (Å²) >= 11 is 5.13. The highest BCUT2D eigenvalue weighted by molar-refractivity contribution is 7.79. The fourth-order valence-electron chi connectivity index (χ4n) is 5.23. The van der Waals surface area contributed by atoms with Gasteiger partial charge in [-0.25, -0.2) is 0 Å². The van der Waals surface area contributed by atoms with Gasteiger partial charge in [0.1, 0.15) is 12.2 Å². The first-order valence-electron chi connectivity index (χ1n) is 8.78. The molecule has 0 N–H and O–H groups in total. The molecule has 122 valence electrons. The van der Waals surface area contributed by atoms with E-state index in [1.54, 1.807) is 0 Å². The van der Waals surface area contributed by atoms with Gasteiger partial charge in [-0.1, -0.05) is 60.7 Å². The molecule has 2 saturated carbocycles. The Kier molecular flexibility index (Phi) is 3.37. The molecule has 2 aromatic rings. The predicted octanol–water partition coefficient (Wildman–Crippen LogP) is 4.66. The van der Waals surface area contributed by atoms with Gasteiger partial charge in [-0.05, 0) is 47.6 Å². The number of thiocarbonyl (C=S) groups is 1. The Morgan fingerprint density at radius 3 is 1.50 bits per heavy atom. The molecule has 3 heteroatoms. The minimum atomic E-state index is 0.132. The summed E-state index contributed by atoms with van der Waals surface area (Å²) in [5, 5.41) is 0.346. The summed E-state index contributed by atoms with van der Waals surface area (Å²) in [4.78, 5) is 0. The van der Waals surface area contributed by atoms with E-state index in [9.17, 15) is 0 Å². The maximum atomic E-state index is 5.82. The zero-order valence-corrected chi connectivity index (χ0v) is 14.2. The number of benzene rings is 2. The number of rotatable bonds is 2. The SMILES string of the molecule is S=C1O[C@H]2CC3C(c4ccccc4)C(C[C@@H]2O1)C3c1ccccc1. The lowest BCUT2D eigenvalue weighted by Crippen LogP contribution is -2.42. The van der Waals surface area contributed by atoms with Crippen molar-refractivity contribution in [2.75, 3.05) is 0 Å². The highest BCUT2D eigenvalue weighted by Gasteiger charge is 2.58. The first kappa shape index (κ1) is 14.5. The summed E-state index contributed by atoms with van der Waals surface area (Å²) in [5.41, 5.74) is 2.92. The molecule has 3 aliphatic rings. The molecule has 5 rings (SSSR count). The van der Waals surface area contributed by atoms with Crippen LogP contribution in [0.5, 0.6) is 0 Å². The Labute approximate surface area is 147 Å². The van der Waals surface area contributed by atoms with Gasteiger partial charge in [-0.15, -0.1) is 0 Å². The summed E-state index contributed by atoms with van der Waals surface area (Å²) in [7, 11) is 0. The van der Waals surface area contributed by atoms with Crippen molar-refractivity contribution >= 4 is 17.5 Å². The van der Waals surface area contributed by atoms with Gasteiger partial charge in [0.2, 0.25) is 0 Å².